The Morgan fingerprint density at radius 2 is 2.00 bits per heavy atom. The molecule has 3 nitrogen and oxygen atoms in total. The van der Waals surface area contributed by atoms with Gasteiger partial charge in [-0.15, -0.1) is 11.3 Å². The summed E-state index contributed by atoms with van der Waals surface area (Å²) in [4.78, 5) is 13.2. The number of rotatable bonds is 2. The van der Waals surface area contributed by atoms with Crippen molar-refractivity contribution in [3.8, 4) is 10.4 Å². The first kappa shape index (κ1) is 13.5. The van der Waals surface area contributed by atoms with E-state index >= 15 is 0 Å². The Balaban J connectivity index is 2.08. The molecule has 3 rings (SSSR count). The highest BCUT2D eigenvalue weighted by Gasteiger charge is 2.09. The van der Waals surface area contributed by atoms with Crippen LogP contribution in [0.2, 0.25) is 0 Å². The fourth-order valence-electron chi connectivity index (χ4n) is 2.31. The largest absolute Gasteiger partial charge is 0.311 e. The maximum atomic E-state index is 12.0. The molecule has 0 fully saturated rings. The molecule has 0 saturated carbocycles. The number of carbonyl (C=O) groups is 1. The fourth-order valence-corrected chi connectivity index (χ4v) is 3.08. The van der Waals surface area contributed by atoms with Crippen LogP contribution in [0, 0.1) is 5.41 Å². The van der Waals surface area contributed by atoms with Crippen molar-refractivity contribution in [3.05, 3.63) is 59.5 Å². The van der Waals surface area contributed by atoms with Gasteiger partial charge in [0.1, 0.15) is 0 Å². The van der Waals surface area contributed by atoms with Crippen molar-refractivity contribution < 1.29 is 4.79 Å². The first-order valence-corrected chi connectivity index (χ1v) is 7.46. The number of carbonyl (C=O) groups excluding carboxylic acids is 1. The minimum Gasteiger partial charge on any atom is -0.311 e. The lowest BCUT2D eigenvalue weighted by Crippen LogP contribution is -2.27. The van der Waals surface area contributed by atoms with Crippen LogP contribution in [0.5, 0.6) is 0 Å². The van der Waals surface area contributed by atoms with Gasteiger partial charge < -0.3 is 5.32 Å². The van der Waals surface area contributed by atoms with Crippen LogP contribution >= 0.6 is 11.3 Å². The van der Waals surface area contributed by atoms with Crippen LogP contribution in [0.15, 0.2) is 53.9 Å². The van der Waals surface area contributed by atoms with Crippen LogP contribution in [0.3, 0.4) is 0 Å². The normalized spacial score (nSPS) is 10.5. The zero-order chi connectivity index (χ0) is 14.8. The fraction of sp³-hybridized carbons (Fsp3) is 0.0588. The van der Waals surface area contributed by atoms with E-state index in [1.165, 1.54) is 10.4 Å². The molecular weight excluding hydrogens is 280 g/mol. The quantitative estimate of drug-likeness (QED) is 0.537. The van der Waals surface area contributed by atoms with Crippen LogP contribution in [0.25, 0.3) is 21.2 Å². The molecule has 2 aromatic carbocycles. The Labute approximate surface area is 126 Å². The zero-order valence-electron chi connectivity index (χ0n) is 11.5. The average Bonchev–Trinajstić information content (AvgIpc) is 2.99. The maximum Gasteiger partial charge on any atom is 0.256 e. The molecule has 0 spiro atoms. The van der Waals surface area contributed by atoms with E-state index in [2.05, 4.69) is 22.8 Å². The van der Waals surface area contributed by atoms with Gasteiger partial charge in [-0.3, -0.25) is 10.2 Å². The third-order valence-electron chi connectivity index (χ3n) is 3.23. The molecule has 0 aliphatic carbocycles. The predicted molar refractivity (Wildman–Crippen MR) is 88.1 cm³/mol. The summed E-state index contributed by atoms with van der Waals surface area (Å²) in [5.74, 6) is -0.0987. The van der Waals surface area contributed by atoms with Gasteiger partial charge in [-0.1, -0.05) is 30.3 Å². The Morgan fingerprint density at radius 1 is 1.14 bits per heavy atom. The number of hydrogen-bond acceptors (Lipinski definition) is 3. The van der Waals surface area contributed by atoms with Gasteiger partial charge in [-0.05, 0) is 46.8 Å². The number of amidine groups is 1. The molecule has 0 saturated heterocycles. The summed E-state index contributed by atoms with van der Waals surface area (Å²) >= 11 is 1.70. The number of amides is 1. The predicted octanol–water partition coefficient (Wildman–Crippen LogP) is 4.30. The van der Waals surface area contributed by atoms with Gasteiger partial charge in [0.25, 0.3) is 5.91 Å². The maximum absolute atomic E-state index is 12.0. The van der Waals surface area contributed by atoms with E-state index in [0.29, 0.717) is 5.56 Å². The lowest BCUT2D eigenvalue weighted by molar-refractivity contribution is 0.0977. The van der Waals surface area contributed by atoms with Gasteiger partial charge in [0, 0.05) is 10.4 Å². The molecule has 1 amide bonds. The highest BCUT2D eigenvalue weighted by atomic mass is 32.1. The Morgan fingerprint density at radius 3 is 2.71 bits per heavy atom. The standard InChI is InChI=1S/C17H14N2OS/c1-11(18)19-17(20)13-7-8-14-12(10-13)4-2-5-15(14)16-6-3-9-21-16/h2-10H,1H3,(H2,18,19,20). The van der Waals surface area contributed by atoms with Crippen molar-refractivity contribution in [2.24, 2.45) is 0 Å². The number of thiophene rings is 1. The highest BCUT2D eigenvalue weighted by molar-refractivity contribution is 7.13. The molecule has 104 valence electrons. The van der Waals surface area contributed by atoms with Crippen LogP contribution in [-0.2, 0) is 0 Å². The first-order chi connectivity index (χ1) is 10.1. The molecule has 1 heterocycles. The highest BCUT2D eigenvalue weighted by Crippen LogP contribution is 2.32. The van der Waals surface area contributed by atoms with E-state index in [0.717, 1.165) is 10.8 Å². The van der Waals surface area contributed by atoms with Crippen molar-refractivity contribution in [2.45, 2.75) is 6.92 Å². The summed E-state index contributed by atoms with van der Waals surface area (Å²) in [6, 6.07) is 15.9. The molecule has 0 aliphatic rings. The van der Waals surface area contributed by atoms with E-state index in [-0.39, 0.29) is 11.7 Å². The van der Waals surface area contributed by atoms with Crippen molar-refractivity contribution in [1.82, 2.24) is 5.32 Å². The summed E-state index contributed by atoms with van der Waals surface area (Å²) in [5.41, 5.74) is 1.75. The molecule has 0 aliphatic heterocycles. The minimum atomic E-state index is -0.245. The van der Waals surface area contributed by atoms with E-state index in [9.17, 15) is 4.79 Å². The minimum absolute atomic E-state index is 0.146. The number of nitrogens with one attached hydrogen (secondary N) is 2. The summed E-state index contributed by atoms with van der Waals surface area (Å²) in [7, 11) is 0. The van der Waals surface area contributed by atoms with E-state index in [1.807, 2.05) is 30.3 Å². The monoisotopic (exact) mass is 294 g/mol. The summed E-state index contributed by atoms with van der Waals surface area (Å²) in [6.45, 7) is 1.55. The molecular formula is C17H14N2OS. The molecule has 4 heteroatoms. The average molecular weight is 294 g/mol. The van der Waals surface area contributed by atoms with E-state index < -0.39 is 0 Å². The Kier molecular flexibility index (Phi) is 3.54. The molecule has 0 unspecified atom stereocenters. The van der Waals surface area contributed by atoms with Gasteiger partial charge in [0.15, 0.2) is 0 Å². The van der Waals surface area contributed by atoms with Crippen LogP contribution in [0.1, 0.15) is 17.3 Å². The van der Waals surface area contributed by atoms with Crippen molar-refractivity contribution in [2.75, 3.05) is 0 Å². The van der Waals surface area contributed by atoms with E-state index in [4.69, 9.17) is 5.41 Å². The molecule has 1 aromatic heterocycles. The van der Waals surface area contributed by atoms with E-state index in [1.54, 1.807) is 24.3 Å². The second-order valence-electron chi connectivity index (χ2n) is 4.80. The zero-order valence-corrected chi connectivity index (χ0v) is 12.3. The summed E-state index contributed by atoms with van der Waals surface area (Å²) in [5, 5.41) is 14.1. The second kappa shape index (κ2) is 5.50. The smallest absolute Gasteiger partial charge is 0.256 e. The molecule has 0 bridgehead atoms. The summed E-state index contributed by atoms with van der Waals surface area (Å²) < 4.78 is 0. The van der Waals surface area contributed by atoms with Crippen molar-refractivity contribution in [3.63, 3.8) is 0 Å². The molecule has 21 heavy (non-hydrogen) atoms. The van der Waals surface area contributed by atoms with Gasteiger partial charge in [-0.25, -0.2) is 0 Å². The topological polar surface area (TPSA) is 53.0 Å². The van der Waals surface area contributed by atoms with Gasteiger partial charge in [0.2, 0.25) is 0 Å². The van der Waals surface area contributed by atoms with Crippen LogP contribution in [0.4, 0.5) is 0 Å². The van der Waals surface area contributed by atoms with Crippen molar-refractivity contribution >= 4 is 33.9 Å². The van der Waals surface area contributed by atoms with Gasteiger partial charge >= 0.3 is 0 Å². The number of hydrogen-bond donors (Lipinski definition) is 2. The van der Waals surface area contributed by atoms with Crippen LogP contribution in [-0.4, -0.2) is 11.7 Å². The molecule has 0 radical (unpaired) electrons. The first-order valence-electron chi connectivity index (χ1n) is 6.58. The molecule has 3 aromatic rings. The van der Waals surface area contributed by atoms with Crippen LogP contribution < -0.4 is 5.32 Å². The second-order valence-corrected chi connectivity index (χ2v) is 5.75. The lowest BCUT2D eigenvalue weighted by Gasteiger charge is -2.07. The Bertz CT molecular complexity index is 822. The third kappa shape index (κ3) is 2.71. The Hall–Kier alpha value is -2.46. The van der Waals surface area contributed by atoms with Gasteiger partial charge in [0.05, 0.1) is 5.84 Å². The lowest BCUT2D eigenvalue weighted by atomic mass is 10.0. The number of fused-ring (bicyclic) bond motifs is 1. The SMILES string of the molecule is CC(=N)NC(=O)c1ccc2c(-c3cccs3)cccc2c1. The summed E-state index contributed by atoms with van der Waals surface area (Å²) in [6.07, 6.45) is 0. The molecule has 2 N–H and O–H groups in total. The number of benzene rings is 2. The van der Waals surface area contributed by atoms with Crippen molar-refractivity contribution in [1.29, 1.82) is 5.41 Å². The third-order valence-corrected chi connectivity index (χ3v) is 4.13. The molecule has 0 atom stereocenters. The van der Waals surface area contributed by atoms with Gasteiger partial charge in [-0.2, -0.15) is 0 Å².